The molecular formula is C18H19N3O2S. The van der Waals surface area contributed by atoms with Crippen molar-refractivity contribution < 1.29 is 9.53 Å². The predicted octanol–water partition coefficient (Wildman–Crippen LogP) is 4.54. The van der Waals surface area contributed by atoms with E-state index in [1.165, 1.54) is 23.2 Å². The first kappa shape index (κ1) is 16.4. The highest BCUT2D eigenvalue weighted by Gasteiger charge is 2.19. The molecule has 3 aromatic rings. The number of aromatic nitrogens is 2. The molecule has 5 nitrogen and oxygen atoms in total. The van der Waals surface area contributed by atoms with Gasteiger partial charge in [0.1, 0.15) is 17.0 Å². The van der Waals surface area contributed by atoms with E-state index in [-0.39, 0.29) is 5.97 Å². The van der Waals surface area contributed by atoms with Crippen LogP contribution in [-0.2, 0) is 4.74 Å². The standard InChI is InChI=1S/C18H19N3O2S/c1-5-23-18(22)13-8-24-17-14(13)16(19-9-20-17)21-15-11(3)6-10(2)7-12(15)4/h6-9H,5H2,1-4H3,(H,19,20,21). The first-order valence-electron chi connectivity index (χ1n) is 7.75. The second-order valence-corrected chi connectivity index (χ2v) is 6.53. The number of fused-ring (bicyclic) bond motifs is 1. The van der Waals surface area contributed by atoms with E-state index in [2.05, 4.69) is 48.2 Å². The molecule has 6 heteroatoms. The van der Waals surface area contributed by atoms with Gasteiger partial charge in [0.15, 0.2) is 0 Å². The number of nitrogens with one attached hydrogen (secondary N) is 1. The molecule has 24 heavy (non-hydrogen) atoms. The number of thiophene rings is 1. The van der Waals surface area contributed by atoms with Gasteiger partial charge in [0.25, 0.3) is 0 Å². The van der Waals surface area contributed by atoms with Crippen molar-refractivity contribution in [3.05, 3.63) is 46.1 Å². The molecular weight excluding hydrogens is 322 g/mol. The first-order chi connectivity index (χ1) is 11.5. The lowest BCUT2D eigenvalue weighted by atomic mass is 10.0. The summed E-state index contributed by atoms with van der Waals surface area (Å²) in [7, 11) is 0. The average molecular weight is 341 g/mol. The van der Waals surface area contributed by atoms with Gasteiger partial charge in [-0.1, -0.05) is 17.7 Å². The smallest absolute Gasteiger partial charge is 0.339 e. The van der Waals surface area contributed by atoms with Gasteiger partial charge < -0.3 is 10.1 Å². The predicted molar refractivity (Wildman–Crippen MR) is 97.3 cm³/mol. The summed E-state index contributed by atoms with van der Waals surface area (Å²) in [5, 5.41) is 5.87. The number of anilines is 2. The number of ether oxygens (including phenoxy) is 1. The summed E-state index contributed by atoms with van der Waals surface area (Å²) in [6.45, 7) is 8.32. The highest BCUT2D eigenvalue weighted by atomic mass is 32.1. The van der Waals surface area contributed by atoms with E-state index >= 15 is 0 Å². The summed E-state index contributed by atoms with van der Waals surface area (Å²) >= 11 is 1.41. The maximum atomic E-state index is 12.2. The third-order valence-electron chi connectivity index (χ3n) is 3.79. The van der Waals surface area contributed by atoms with Crippen molar-refractivity contribution in [2.45, 2.75) is 27.7 Å². The van der Waals surface area contributed by atoms with Crippen molar-refractivity contribution in [2.75, 3.05) is 11.9 Å². The molecule has 2 heterocycles. The minimum atomic E-state index is -0.348. The Balaban J connectivity index is 2.10. The van der Waals surface area contributed by atoms with Gasteiger partial charge in [0.05, 0.1) is 17.6 Å². The van der Waals surface area contributed by atoms with Crippen LogP contribution in [0.2, 0.25) is 0 Å². The van der Waals surface area contributed by atoms with E-state index < -0.39 is 0 Å². The summed E-state index contributed by atoms with van der Waals surface area (Å²) in [4.78, 5) is 21.6. The van der Waals surface area contributed by atoms with Gasteiger partial charge in [-0.3, -0.25) is 0 Å². The zero-order valence-electron chi connectivity index (χ0n) is 14.1. The van der Waals surface area contributed by atoms with Crippen LogP contribution in [0.25, 0.3) is 10.2 Å². The van der Waals surface area contributed by atoms with Crippen molar-refractivity contribution >= 4 is 39.0 Å². The van der Waals surface area contributed by atoms with Crippen LogP contribution in [0, 0.1) is 20.8 Å². The van der Waals surface area contributed by atoms with E-state index in [0.29, 0.717) is 23.4 Å². The van der Waals surface area contributed by atoms with Gasteiger partial charge in [-0.25, -0.2) is 14.8 Å². The van der Waals surface area contributed by atoms with E-state index in [1.807, 2.05) is 0 Å². The highest BCUT2D eigenvalue weighted by molar-refractivity contribution is 7.17. The fourth-order valence-electron chi connectivity index (χ4n) is 2.82. The summed E-state index contributed by atoms with van der Waals surface area (Å²) in [6.07, 6.45) is 1.51. The lowest BCUT2D eigenvalue weighted by Gasteiger charge is -2.14. The van der Waals surface area contributed by atoms with E-state index in [9.17, 15) is 4.79 Å². The molecule has 0 atom stereocenters. The van der Waals surface area contributed by atoms with Crippen LogP contribution in [0.1, 0.15) is 34.0 Å². The average Bonchev–Trinajstić information content (AvgIpc) is 2.96. The zero-order chi connectivity index (χ0) is 17.3. The molecule has 0 radical (unpaired) electrons. The topological polar surface area (TPSA) is 64.1 Å². The molecule has 2 aromatic heterocycles. The van der Waals surface area contributed by atoms with Crippen LogP contribution in [0.15, 0.2) is 23.8 Å². The van der Waals surface area contributed by atoms with Crippen LogP contribution in [0.4, 0.5) is 11.5 Å². The number of nitrogens with zero attached hydrogens (tertiary/aromatic N) is 2. The van der Waals surface area contributed by atoms with Gasteiger partial charge in [-0.2, -0.15) is 0 Å². The maximum absolute atomic E-state index is 12.2. The molecule has 0 aliphatic heterocycles. The molecule has 0 aliphatic rings. The second-order valence-electron chi connectivity index (χ2n) is 5.67. The summed E-state index contributed by atoms with van der Waals surface area (Å²) in [5.74, 6) is 0.276. The molecule has 0 amide bonds. The maximum Gasteiger partial charge on any atom is 0.339 e. The Morgan fingerprint density at radius 3 is 2.58 bits per heavy atom. The normalized spacial score (nSPS) is 10.8. The van der Waals surface area contributed by atoms with E-state index in [1.54, 1.807) is 12.3 Å². The molecule has 0 saturated carbocycles. The second kappa shape index (κ2) is 6.57. The Bertz CT molecular complexity index is 895. The Hall–Kier alpha value is -2.47. The number of esters is 1. The number of hydrogen-bond donors (Lipinski definition) is 1. The van der Waals surface area contributed by atoms with Crippen molar-refractivity contribution in [3.63, 3.8) is 0 Å². The lowest BCUT2D eigenvalue weighted by molar-refractivity contribution is 0.0529. The minimum Gasteiger partial charge on any atom is -0.462 e. The van der Waals surface area contributed by atoms with Crippen LogP contribution in [-0.4, -0.2) is 22.5 Å². The number of rotatable bonds is 4. The Morgan fingerprint density at radius 2 is 1.92 bits per heavy atom. The Kier molecular flexibility index (Phi) is 4.49. The fourth-order valence-corrected chi connectivity index (χ4v) is 3.70. The lowest BCUT2D eigenvalue weighted by Crippen LogP contribution is -2.06. The van der Waals surface area contributed by atoms with E-state index in [4.69, 9.17) is 4.74 Å². The number of carbonyl (C=O) groups excluding carboxylic acids is 1. The molecule has 0 saturated heterocycles. The van der Waals surface area contributed by atoms with Crippen molar-refractivity contribution in [3.8, 4) is 0 Å². The molecule has 0 spiro atoms. The van der Waals surface area contributed by atoms with Crippen molar-refractivity contribution in [1.82, 2.24) is 9.97 Å². The molecule has 0 unspecified atom stereocenters. The fraction of sp³-hybridized carbons (Fsp3) is 0.278. The quantitative estimate of drug-likeness (QED) is 0.706. The number of benzene rings is 1. The van der Waals surface area contributed by atoms with Crippen LogP contribution < -0.4 is 5.32 Å². The summed E-state index contributed by atoms with van der Waals surface area (Å²) < 4.78 is 5.15. The van der Waals surface area contributed by atoms with E-state index in [0.717, 1.165) is 21.6 Å². The highest BCUT2D eigenvalue weighted by Crippen LogP contribution is 2.33. The summed E-state index contributed by atoms with van der Waals surface area (Å²) in [5.41, 5.74) is 4.98. The monoisotopic (exact) mass is 341 g/mol. The summed E-state index contributed by atoms with van der Waals surface area (Å²) in [6, 6.07) is 4.24. The minimum absolute atomic E-state index is 0.336. The SMILES string of the molecule is CCOC(=O)c1csc2ncnc(Nc3c(C)cc(C)cc3C)c12. The van der Waals surface area contributed by atoms with Gasteiger partial charge in [0, 0.05) is 11.1 Å². The molecule has 1 N–H and O–H groups in total. The molecule has 3 rings (SSSR count). The third-order valence-corrected chi connectivity index (χ3v) is 4.67. The van der Waals surface area contributed by atoms with Gasteiger partial charge in [-0.15, -0.1) is 11.3 Å². The molecule has 0 aliphatic carbocycles. The van der Waals surface area contributed by atoms with Gasteiger partial charge in [-0.05, 0) is 38.8 Å². The van der Waals surface area contributed by atoms with Crippen molar-refractivity contribution in [1.29, 1.82) is 0 Å². The van der Waals surface area contributed by atoms with Crippen LogP contribution in [0.3, 0.4) is 0 Å². The molecule has 1 aromatic carbocycles. The van der Waals surface area contributed by atoms with Crippen LogP contribution >= 0.6 is 11.3 Å². The van der Waals surface area contributed by atoms with Gasteiger partial charge in [0.2, 0.25) is 0 Å². The number of aryl methyl sites for hydroxylation is 3. The number of hydrogen-bond acceptors (Lipinski definition) is 6. The van der Waals surface area contributed by atoms with Crippen LogP contribution in [0.5, 0.6) is 0 Å². The third kappa shape index (κ3) is 2.97. The molecule has 0 bridgehead atoms. The Morgan fingerprint density at radius 1 is 1.21 bits per heavy atom. The number of carbonyl (C=O) groups is 1. The first-order valence-corrected chi connectivity index (χ1v) is 8.63. The molecule has 0 fully saturated rings. The zero-order valence-corrected chi connectivity index (χ0v) is 15.0. The Labute approximate surface area is 144 Å². The molecule has 124 valence electrons. The largest absolute Gasteiger partial charge is 0.462 e. The van der Waals surface area contributed by atoms with Gasteiger partial charge >= 0.3 is 5.97 Å². The van der Waals surface area contributed by atoms with Crippen molar-refractivity contribution in [2.24, 2.45) is 0 Å².